The highest BCUT2D eigenvalue weighted by molar-refractivity contribution is 7.98. The molecule has 0 unspecified atom stereocenters. The van der Waals surface area contributed by atoms with Gasteiger partial charge in [-0.05, 0) is 64.3 Å². The van der Waals surface area contributed by atoms with Crippen LogP contribution in [-0.2, 0) is 9.31 Å². The van der Waals surface area contributed by atoms with E-state index in [0.717, 1.165) is 16.8 Å². The summed E-state index contributed by atoms with van der Waals surface area (Å²) >= 11 is 1.72. The molecule has 126 valence electrons. The third kappa shape index (κ3) is 3.34. The molecule has 0 spiro atoms. The Morgan fingerprint density at radius 3 is 2.12 bits per heavy atom. The molecule has 1 heterocycles. The topological polar surface area (TPSA) is 30.5 Å². The second-order valence-corrected chi connectivity index (χ2v) is 7.91. The van der Waals surface area contributed by atoms with Crippen LogP contribution in [0.2, 0.25) is 0 Å². The summed E-state index contributed by atoms with van der Waals surface area (Å²) in [4.78, 5) is 1.19. The highest BCUT2D eigenvalue weighted by atomic mass is 32.2. The van der Waals surface area contributed by atoms with Crippen molar-refractivity contribution >= 4 is 35.7 Å². The zero-order valence-corrected chi connectivity index (χ0v) is 15.7. The number of benzene rings is 2. The molecule has 0 aliphatic carbocycles. The van der Waals surface area contributed by atoms with Crippen molar-refractivity contribution in [2.45, 2.75) is 43.8 Å². The lowest BCUT2D eigenvalue weighted by Gasteiger charge is -2.32. The number of nitrogens with one attached hydrogen (secondary N) is 1. The molecule has 0 amide bonds. The molecule has 1 N–H and O–H groups in total. The predicted molar refractivity (Wildman–Crippen MR) is 104 cm³/mol. The molecule has 0 aromatic heterocycles. The Bertz CT molecular complexity index is 703. The van der Waals surface area contributed by atoms with Gasteiger partial charge in [-0.2, -0.15) is 0 Å². The van der Waals surface area contributed by atoms with Crippen LogP contribution in [0.3, 0.4) is 0 Å². The molecule has 1 aliphatic heterocycles. The van der Waals surface area contributed by atoms with Gasteiger partial charge < -0.3 is 14.6 Å². The van der Waals surface area contributed by atoms with Crippen molar-refractivity contribution in [2.75, 3.05) is 11.6 Å². The van der Waals surface area contributed by atoms with Crippen LogP contribution in [0, 0.1) is 0 Å². The van der Waals surface area contributed by atoms with Crippen LogP contribution >= 0.6 is 11.8 Å². The fourth-order valence-corrected chi connectivity index (χ4v) is 3.07. The minimum atomic E-state index is -0.381. The smallest absolute Gasteiger partial charge is 0.399 e. The average molecular weight is 341 g/mol. The maximum absolute atomic E-state index is 6.26. The number of anilines is 2. The van der Waals surface area contributed by atoms with Gasteiger partial charge in [0.2, 0.25) is 0 Å². The van der Waals surface area contributed by atoms with Gasteiger partial charge in [0.15, 0.2) is 0 Å². The third-order valence-corrected chi connectivity index (χ3v) is 5.54. The summed E-state index contributed by atoms with van der Waals surface area (Å²) in [5, 5.41) is 3.49. The van der Waals surface area contributed by atoms with Gasteiger partial charge in [-0.25, -0.2) is 0 Å². The minimum absolute atomic E-state index is 0.350. The molecule has 0 saturated carbocycles. The number of para-hydroxylation sites is 1. The predicted octanol–water partition coefficient (Wildman–Crippen LogP) is 4.45. The van der Waals surface area contributed by atoms with Crippen LogP contribution in [0.15, 0.2) is 53.4 Å². The van der Waals surface area contributed by atoms with E-state index in [9.17, 15) is 0 Å². The fourth-order valence-electron chi connectivity index (χ4n) is 2.62. The van der Waals surface area contributed by atoms with Crippen molar-refractivity contribution in [2.24, 2.45) is 0 Å². The highest BCUT2D eigenvalue weighted by Gasteiger charge is 2.52. The van der Waals surface area contributed by atoms with Crippen molar-refractivity contribution in [3.8, 4) is 0 Å². The summed E-state index contributed by atoms with van der Waals surface area (Å²) in [6, 6.07) is 16.5. The normalized spacial score (nSPS) is 18.6. The Labute approximate surface area is 149 Å². The van der Waals surface area contributed by atoms with E-state index in [1.165, 1.54) is 4.90 Å². The molecule has 2 aromatic rings. The van der Waals surface area contributed by atoms with Crippen LogP contribution in [0.25, 0.3) is 0 Å². The van der Waals surface area contributed by atoms with Crippen LogP contribution in [0.4, 0.5) is 11.4 Å². The molecule has 0 radical (unpaired) electrons. The summed E-state index contributed by atoms with van der Waals surface area (Å²) in [5.41, 5.74) is 2.39. The van der Waals surface area contributed by atoms with Crippen molar-refractivity contribution in [3.63, 3.8) is 0 Å². The van der Waals surface area contributed by atoms with E-state index in [-0.39, 0.29) is 18.3 Å². The largest absolute Gasteiger partial charge is 0.497 e. The van der Waals surface area contributed by atoms with E-state index >= 15 is 0 Å². The lowest BCUT2D eigenvalue weighted by Crippen LogP contribution is -2.41. The van der Waals surface area contributed by atoms with Gasteiger partial charge in [0.25, 0.3) is 0 Å². The van der Waals surface area contributed by atoms with E-state index in [1.807, 2.05) is 18.2 Å². The van der Waals surface area contributed by atoms with Crippen LogP contribution in [-0.4, -0.2) is 24.6 Å². The maximum atomic E-state index is 6.26. The lowest BCUT2D eigenvalue weighted by molar-refractivity contribution is 0.00578. The summed E-state index contributed by atoms with van der Waals surface area (Å²) in [5.74, 6) is 0. The van der Waals surface area contributed by atoms with Gasteiger partial charge >= 0.3 is 7.12 Å². The van der Waals surface area contributed by atoms with E-state index in [0.29, 0.717) is 0 Å². The number of hydrogen-bond donors (Lipinski definition) is 1. The van der Waals surface area contributed by atoms with Crippen LogP contribution in [0.5, 0.6) is 0 Å². The Balaban J connectivity index is 1.97. The maximum Gasteiger partial charge on any atom is 0.497 e. The average Bonchev–Trinajstić information content (AvgIpc) is 2.76. The summed E-state index contributed by atoms with van der Waals surface area (Å²) in [6.07, 6.45) is 2.08. The summed E-state index contributed by atoms with van der Waals surface area (Å²) < 4.78 is 12.5. The molecule has 1 saturated heterocycles. The molecule has 3 rings (SSSR count). The summed E-state index contributed by atoms with van der Waals surface area (Å²) in [6.45, 7) is 8.32. The fraction of sp³-hybridized carbons (Fsp3) is 0.368. The molecule has 1 fully saturated rings. The van der Waals surface area contributed by atoms with Crippen LogP contribution in [0.1, 0.15) is 27.7 Å². The Kier molecular flexibility index (Phi) is 4.69. The zero-order valence-electron chi connectivity index (χ0n) is 14.9. The van der Waals surface area contributed by atoms with E-state index in [4.69, 9.17) is 9.31 Å². The SMILES string of the molecule is CSc1ccc(Nc2ccccc2)c(B2OC(C)(C)C(C)(C)O2)c1. The molecule has 2 aromatic carbocycles. The van der Waals surface area contributed by atoms with E-state index in [1.54, 1.807) is 11.8 Å². The van der Waals surface area contributed by atoms with Crippen molar-refractivity contribution in [3.05, 3.63) is 48.5 Å². The van der Waals surface area contributed by atoms with Crippen molar-refractivity contribution < 1.29 is 9.31 Å². The first-order valence-corrected chi connectivity index (χ1v) is 9.40. The number of hydrogen-bond acceptors (Lipinski definition) is 4. The van der Waals surface area contributed by atoms with Gasteiger partial charge in [0.05, 0.1) is 11.2 Å². The molecule has 1 aliphatic rings. The van der Waals surface area contributed by atoms with E-state index in [2.05, 4.69) is 69.6 Å². The number of rotatable bonds is 4. The molecular formula is C19H24BNO2S. The Morgan fingerprint density at radius 1 is 0.917 bits per heavy atom. The summed E-state index contributed by atoms with van der Waals surface area (Å²) in [7, 11) is -0.381. The molecule has 24 heavy (non-hydrogen) atoms. The highest BCUT2D eigenvalue weighted by Crippen LogP contribution is 2.37. The Morgan fingerprint density at radius 2 is 1.54 bits per heavy atom. The molecule has 0 atom stereocenters. The monoisotopic (exact) mass is 341 g/mol. The molecule has 3 nitrogen and oxygen atoms in total. The second-order valence-electron chi connectivity index (χ2n) is 7.03. The van der Waals surface area contributed by atoms with Crippen molar-refractivity contribution in [1.82, 2.24) is 0 Å². The third-order valence-electron chi connectivity index (χ3n) is 4.82. The zero-order chi connectivity index (χ0) is 17.4. The van der Waals surface area contributed by atoms with Gasteiger partial charge in [-0.3, -0.25) is 0 Å². The van der Waals surface area contributed by atoms with Crippen LogP contribution < -0.4 is 10.8 Å². The standard InChI is InChI=1S/C19H24BNO2S/c1-18(2)19(3,4)23-20(22-18)16-13-15(24-5)11-12-17(16)21-14-9-7-6-8-10-14/h6-13,21H,1-5H3. The van der Waals surface area contributed by atoms with Gasteiger partial charge in [-0.15, -0.1) is 11.8 Å². The van der Waals surface area contributed by atoms with Gasteiger partial charge in [0.1, 0.15) is 0 Å². The Hall–Kier alpha value is -1.43. The van der Waals surface area contributed by atoms with Crippen molar-refractivity contribution in [1.29, 1.82) is 0 Å². The number of thioether (sulfide) groups is 1. The molecule has 5 heteroatoms. The first-order valence-electron chi connectivity index (χ1n) is 8.18. The second kappa shape index (κ2) is 6.47. The van der Waals surface area contributed by atoms with E-state index < -0.39 is 0 Å². The molecule has 0 bridgehead atoms. The van der Waals surface area contributed by atoms with Gasteiger partial charge in [0, 0.05) is 21.7 Å². The molecular weight excluding hydrogens is 317 g/mol. The first kappa shape index (κ1) is 17.4. The lowest BCUT2D eigenvalue weighted by atomic mass is 9.77. The van der Waals surface area contributed by atoms with Gasteiger partial charge in [-0.1, -0.05) is 18.2 Å². The quantitative estimate of drug-likeness (QED) is 0.657. The first-order chi connectivity index (χ1) is 11.3. The minimum Gasteiger partial charge on any atom is -0.399 e.